The van der Waals surface area contributed by atoms with E-state index in [1.807, 2.05) is 0 Å². The van der Waals surface area contributed by atoms with Crippen molar-refractivity contribution >= 4 is 0 Å². The maximum atomic E-state index is 5.70. The monoisotopic (exact) mass is 196 g/mol. The topological polar surface area (TPSA) is 18.5 Å². The van der Waals surface area contributed by atoms with Crippen LogP contribution in [0.25, 0.3) is 0 Å². The van der Waals surface area contributed by atoms with Crippen molar-refractivity contribution in [2.45, 2.75) is 33.0 Å². The van der Waals surface area contributed by atoms with E-state index in [1.54, 1.807) is 0 Å². The minimum Gasteiger partial charge on any atom is -0.352 e. The third-order valence-corrected chi connectivity index (χ3v) is 4.54. The first kappa shape index (κ1) is 9.17. The Morgan fingerprint density at radius 3 is 2.86 bits per heavy atom. The van der Waals surface area contributed by atoms with Crippen molar-refractivity contribution in [3.8, 4) is 0 Å². The minimum absolute atomic E-state index is 0.155. The van der Waals surface area contributed by atoms with Gasteiger partial charge in [0.05, 0.1) is 13.2 Å². The van der Waals surface area contributed by atoms with Gasteiger partial charge in [0, 0.05) is 5.92 Å². The number of ether oxygens (including phenoxy) is 2. The van der Waals surface area contributed by atoms with Crippen molar-refractivity contribution in [2.75, 3.05) is 13.2 Å². The fourth-order valence-corrected chi connectivity index (χ4v) is 3.90. The Kier molecular flexibility index (Phi) is 2.10. The molecule has 0 N–H and O–H groups in total. The van der Waals surface area contributed by atoms with Gasteiger partial charge >= 0.3 is 0 Å². The Labute approximate surface area is 86.0 Å². The molecule has 3 rings (SSSR count). The second kappa shape index (κ2) is 3.21. The molecule has 0 aromatic rings. The van der Waals surface area contributed by atoms with Crippen LogP contribution >= 0.6 is 0 Å². The number of hydrogen-bond acceptors (Lipinski definition) is 2. The highest BCUT2D eigenvalue weighted by molar-refractivity contribution is 4.98. The highest BCUT2D eigenvalue weighted by Gasteiger charge is 2.53. The van der Waals surface area contributed by atoms with Gasteiger partial charge in [0.15, 0.2) is 6.29 Å². The van der Waals surface area contributed by atoms with Gasteiger partial charge in [-0.15, -0.1) is 0 Å². The zero-order chi connectivity index (χ0) is 9.71. The first-order valence-electron chi connectivity index (χ1n) is 6.00. The van der Waals surface area contributed by atoms with Crippen LogP contribution in [-0.2, 0) is 9.47 Å². The number of hydrogen-bond donors (Lipinski definition) is 0. The Hall–Kier alpha value is -0.0800. The summed E-state index contributed by atoms with van der Waals surface area (Å²) in [6.45, 7) is 6.62. The van der Waals surface area contributed by atoms with Gasteiger partial charge in [0.2, 0.25) is 0 Å². The average molecular weight is 196 g/mol. The zero-order valence-electron chi connectivity index (χ0n) is 9.11. The van der Waals surface area contributed by atoms with Gasteiger partial charge < -0.3 is 9.47 Å². The molecule has 2 nitrogen and oxygen atoms in total. The molecular formula is C12H20O2. The molecule has 3 aliphatic rings. The summed E-state index contributed by atoms with van der Waals surface area (Å²) in [6, 6.07) is 0. The van der Waals surface area contributed by atoms with Crippen LogP contribution in [0.5, 0.6) is 0 Å². The summed E-state index contributed by atoms with van der Waals surface area (Å²) in [5.41, 5.74) is 0. The molecule has 0 amide bonds. The lowest BCUT2D eigenvalue weighted by molar-refractivity contribution is -0.170. The lowest BCUT2D eigenvalue weighted by atomic mass is 9.79. The van der Waals surface area contributed by atoms with Crippen LogP contribution in [0.1, 0.15) is 26.7 Å². The van der Waals surface area contributed by atoms with Gasteiger partial charge in [0.1, 0.15) is 0 Å². The summed E-state index contributed by atoms with van der Waals surface area (Å²) in [5, 5.41) is 0. The molecule has 2 heteroatoms. The van der Waals surface area contributed by atoms with Crippen LogP contribution in [0.15, 0.2) is 0 Å². The average Bonchev–Trinajstić information content (AvgIpc) is 2.72. The fraction of sp³-hybridized carbons (Fsp3) is 1.00. The van der Waals surface area contributed by atoms with E-state index in [0.717, 1.165) is 42.8 Å². The maximum Gasteiger partial charge on any atom is 0.160 e. The van der Waals surface area contributed by atoms with Crippen LogP contribution in [0.3, 0.4) is 0 Å². The van der Waals surface area contributed by atoms with Crippen molar-refractivity contribution in [3.05, 3.63) is 0 Å². The van der Waals surface area contributed by atoms with Crippen LogP contribution < -0.4 is 0 Å². The van der Waals surface area contributed by atoms with Crippen molar-refractivity contribution in [1.29, 1.82) is 0 Å². The molecule has 1 saturated carbocycles. The SMILES string of the molecule is CC(C)[C@H]1C[C@H]2CO[C@H]3OCC[C@@H]1[C@@H]23. The first-order valence-corrected chi connectivity index (χ1v) is 6.00. The Morgan fingerprint density at radius 2 is 2.07 bits per heavy atom. The third kappa shape index (κ3) is 1.17. The van der Waals surface area contributed by atoms with E-state index in [9.17, 15) is 0 Å². The molecule has 0 unspecified atom stereocenters. The Morgan fingerprint density at radius 1 is 1.21 bits per heavy atom. The molecule has 2 aliphatic heterocycles. The molecule has 2 saturated heterocycles. The Bertz CT molecular complexity index is 224. The third-order valence-electron chi connectivity index (χ3n) is 4.54. The van der Waals surface area contributed by atoms with Gasteiger partial charge in [-0.25, -0.2) is 0 Å². The largest absolute Gasteiger partial charge is 0.352 e. The second-order valence-electron chi connectivity index (χ2n) is 5.51. The van der Waals surface area contributed by atoms with Crippen LogP contribution in [0, 0.1) is 29.6 Å². The highest BCUT2D eigenvalue weighted by Crippen LogP contribution is 2.53. The minimum atomic E-state index is 0.155. The van der Waals surface area contributed by atoms with Gasteiger partial charge in [-0.05, 0) is 36.5 Å². The summed E-state index contributed by atoms with van der Waals surface area (Å²) < 4.78 is 11.4. The smallest absolute Gasteiger partial charge is 0.160 e. The lowest BCUT2D eigenvalue weighted by Gasteiger charge is -2.34. The molecule has 14 heavy (non-hydrogen) atoms. The van der Waals surface area contributed by atoms with Crippen LogP contribution in [0.4, 0.5) is 0 Å². The Balaban J connectivity index is 1.84. The quantitative estimate of drug-likeness (QED) is 0.640. The van der Waals surface area contributed by atoms with Crippen molar-refractivity contribution in [3.63, 3.8) is 0 Å². The molecule has 0 aromatic carbocycles. The zero-order valence-corrected chi connectivity index (χ0v) is 9.11. The molecule has 0 bridgehead atoms. The molecule has 0 spiro atoms. The van der Waals surface area contributed by atoms with Crippen LogP contribution in [0.2, 0.25) is 0 Å². The fourth-order valence-electron chi connectivity index (χ4n) is 3.90. The summed E-state index contributed by atoms with van der Waals surface area (Å²) in [4.78, 5) is 0. The number of rotatable bonds is 1. The summed E-state index contributed by atoms with van der Waals surface area (Å²) >= 11 is 0. The van der Waals surface area contributed by atoms with Crippen LogP contribution in [-0.4, -0.2) is 19.5 Å². The van der Waals surface area contributed by atoms with E-state index in [4.69, 9.17) is 9.47 Å². The molecular weight excluding hydrogens is 176 g/mol. The predicted octanol–water partition coefficient (Wildman–Crippen LogP) is 2.29. The second-order valence-corrected chi connectivity index (χ2v) is 5.51. The van der Waals surface area contributed by atoms with E-state index in [2.05, 4.69) is 13.8 Å². The van der Waals surface area contributed by atoms with E-state index < -0.39 is 0 Å². The molecule has 5 atom stereocenters. The normalized spacial score (nSPS) is 51.2. The summed E-state index contributed by atoms with van der Waals surface area (Å²) in [7, 11) is 0. The molecule has 0 aromatic heterocycles. The van der Waals surface area contributed by atoms with Crippen molar-refractivity contribution in [1.82, 2.24) is 0 Å². The van der Waals surface area contributed by atoms with Gasteiger partial charge in [0.25, 0.3) is 0 Å². The van der Waals surface area contributed by atoms with E-state index in [-0.39, 0.29) is 6.29 Å². The van der Waals surface area contributed by atoms with Gasteiger partial charge in [-0.1, -0.05) is 13.8 Å². The standard InChI is InChI=1S/C12H20O2/c1-7(2)10-5-8-6-14-12-11(8)9(10)3-4-13-12/h7-12H,3-6H2,1-2H3/t8-,9-,10+,11+,12+/m0/s1. The molecule has 0 radical (unpaired) electrons. The molecule has 3 fully saturated rings. The molecule has 1 aliphatic carbocycles. The predicted molar refractivity (Wildman–Crippen MR) is 53.7 cm³/mol. The first-order chi connectivity index (χ1) is 6.77. The summed E-state index contributed by atoms with van der Waals surface area (Å²) in [5.74, 6) is 4.19. The van der Waals surface area contributed by atoms with E-state index >= 15 is 0 Å². The molecule has 80 valence electrons. The lowest BCUT2D eigenvalue weighted by Crippen LogP contribution is -2.35. The van der Waals surface area contributed by atoms with Crippen molar-refractivity contribution in [2.24, 2.45) is 29.6 Å². The van der Waals surface area contributed by atoms with Gasteiger partial charge in [-0.3, -0.25) is 0 Å². The van der Waals surface area contributed by atoms with E-state index in [0.29, 0.717) is 0 Å². The molecule has 2 heterocycles. The van der Waals surface area contributed by atoms with Crippen molar-refractivity contribution < 1.29 is 9.47 Å². The van der Waals surface area contributed by atoms with Gasteiger partial charge in [-0.2, -0.15) is 0 Å². The summed E-state index contributed by atoms with van der Waals surface area (Å²) in [6.07, 6.45) is 2.80. The maximum absolute atomic E-state index is 5.70. The van der Waals surface area contributed by atoms with E-state index in [1.165, 1.54) is 12.8 Å². The highest BCUT2D eigenvalue weighted by atomic mass is 16.7.